The van der Waals surface area contributed by atoms with Crippen LogP contribution < -0.4 is 21.1 Å². The number of fused-ring (bicyclic) bond motifs is 1. The van der Waals surface area contributed by atoms with Crippen LogP contribution >= 0.6 is 24.0 Å². The first-order valence-corrected chi connectivity index (χ1v) is 8.26. The minimum atomic E-state index is -0.0972. The largest absolute Gasteiger partial charge is 0.493 e. The highest BCUT2D eigenvalue weighted by atomic mass is 127. The van der Waals surface area contributed by atoms with Gasteiger partial charge in [0.1, 0.15) is 5.75 Å². The molecule has 0 aliphatic carbocycles. The summed E-state index contributed by atoms with van der Waals surface area (Å²) in [4.78, 5) is 15.5. The van der Waals surface area contributed by atoms with Crippen molar-refractivity contribution >= 4 is 41.5 Å². The van der Waals surface area contributed by atoms with Crippen molar-refractivity contribution in [2.45, 2.75) is 25.9 Å². The Bertz CT molecular complexity index is 795. The molecular weight excluding hydrogens is 443 g/mol. The molecule has 1 aliphatic rings. The summed E-state index contributed by atoms with van der Waals surface area (Å²) < 4.78 is 5.65. The Morgan fingerprint density at radius 1 is 1.27 bits per heavy atom. The Balaban J connectivity index is 0.00000243. The minimum Gasteiger partial charge on any atom is -0.493 e. The van der Waals surface area contributed by atoms with Crippen LogP contribution in [0.15, 0.2) is 53.5 Å². The van der Waals surface area contributed by atoms with E-state index in [1.807, 2.05) is 48.5 Å². The number of halogens is 1. The number of carbonyl (C=O) groups is 1. The number of rotatable bonds is 4. The van der Waals surface area contributed by atoms with Gasteiger partial charge in [0.25, 0.3) is 0 Å². The Morgan fingerprint density at radius 3 is 2.88 bits per heavy atom. The summed E-state index contributed by atoms with van der Waals surface area (Å²) in [6.07, 6.45) is 0.839. The lowest BCUT2D eigenvalue weighted by Crippen LogP contribution is -2.37. The number of carbonyl (C=O) groups excluding carboxylic acids is 1. The van der Waals surface area contributed by atoms with Gasteiger partial charge in [-0.2, -0.15) is 0 Å². The zero-order valence-corrected chi connectivity index (χ0v) is 16.9. The average Bonchev–Trinajstić information content (AvgIpc) is 2.60. The van der Waals surface area contributed by atoms with Crippen LogP contribution in [-0.2, 0) is 11.3 Å². The molecule has 0 saturated carbocycles. The number of anilines is 1. The van der Waals surface area contributed by atoms with Crippen LogP contribution in [0.3, 0.4) is 0 Å². The van der Waals surface area contributed by atoms with E-state index in [0.717, 1.165) is 29.0 Å². The van der Waals surface area contributed by atoms with Crippen LogP contribution in [0.1, 0.15) is 30.5 Å². The topological polar surface area (TPSA) is 88.7 Å². The Kier molecular flexibility index (Phi) is 7.26. The van der Waals surface area contributed by atoms with Crippen molar-refractivity contribution in [3.05, 3.63) is 59.7 Å². The summed E-state index contributed by atoms with van der Waals surface area (Å²) in [6, 6.07) is 15.6. The molecule has 1 heterocycles. The van der Waals surface area contributed by atoms with Crippen LogP contribution in [0.25, 0.3) is 0 Å². The number of nitrogens with one attached hydrogen (secondary N) is 2. The van der Waals surface area contributed by atoms with Gasteiger partial charge in [-0.25, -0.2) is 4.99 Å². The summed E-state index contributed by atoms with van der Waals surface area (Å²) in [6.45, 7) is 2.58. The van der Waals surface area contributed by atoms with E-state index in [2.05, 4.69) is 15.6 Å². The second-order valence-electron chi connectivity index (χ2n) is 5.95. The summed E-state index contributed by atoms with van der Waals surface area (Å²) in [5.41, 5.74) is 8.88. The molecule has 0 spiro atoms. The minimum absolute atomic E-state index is 0. The maximum absolute atomic E-state index is 11.1. The van der Waals surface area contributed by atoms with Crippen LogP contribution in [0, 0.1) is 0 Å². The smallest absolute Gasteiger partial charge is 0.221 e. The molecule has 138 valence electrons. The van der Waals surface area contributed by atoms with Crippen molar-refractivity contribution in [3.63, 3.8) is 0 Å². The van der Waals surface area contributed by atoms with E-state index in [9.17, 15) is 4.79 Å². The summed E-state index contributed by atoms with van der Waals surface area (Å²) >= 11 is 0. The SMILES string of the molecule is CC(=O)Nc1cccc(CN=C(N)NC2CCOc3ccccc32)c1.I. The summed E-state index contributed by atoms with van der Waals surface area (Å²) in [5, 5.41) is 6.03. The standard InChI is InChI=1S/C19H22N4O2.HI/c1-13(24)22-15-6-4-5-14(11-15)12-21-19(20)23-17-9-10-25-18-8-3-2-7-16(17)18;/h2-8,11,17H,9-10,12H2,1H3,(H,22,24)(H3,20,21,23);1H. The fraction of sp³-hybridized carbons (Fsp3) is 0.263. The number of benzene rings is 2. The number of hydrogen-bond donors (Lipinski definition) is 3. The van der Waals surface area contributed by atoms with Gasteiger partial charge < -0.3 is 21.1 Å². The van der Waals surface area contributed by atoms with E-state index in [0.29, 0.717) is 19.1 Å². The molecule has 0 saturated heterocycles. The molecule has 1 unspecified atom stereocenters. The molecule has 7 heteroatoms. The molecule has 1 atom stereocenters. The van der Waals surface area contributed by atoms with Crippen molar-refractivity contribution < 1.29 is 9.53 Å². The summed E-state index contributed by atoms with van der Waals surface area (Å²) in [5.74, 6) is 1.19. The monoisotopic (exact) mass is 466 g/mol. The predicted octanol–water partition coefficient (Wildman–Crippen LogP) is 3.19. The van der Waals surface area contributed by atoms with Gasteiger partial charge in [-0.1, -0.05) is 30.3 Å². The average molecular weight is 466 g/mol. The third kappa shape index (κ3) is 5.35. The zero-order chi connectivity index (χ0) is 17.6. The first kappa shape index (κ1) is 20.0. The van der Waals surface area contributed by atoms with Gasteiger partial charge in [0.2, 0.25) is 5.91 Å². The predicted molar refractivity (Wildman–Crippen MR) is 114 cm³/mol. The molecule has 3 rings (SSSR count). The Hall–Kier alpha value is -2.29. The molecular formula is C19H23IN4O2. The van der Waals surface area contributed by atoms with Crippen LogP contribution in [0.5, 0.6) is 5.75 Å². The molecule has 0 bridgehead atoms. The van der Waals surface area contributed by atoms with E-state index >= 15 is 0 Å². The lowest BCUT2D eigenvalue weighted by atomic mass is 10.0. The van der Waals surface area contributed by atoms with E-state index in [-0.39, 0.29) is 35.9 Å². The van der Waals surface area contributed by atoms with Crippen LogP contribution in [0.4, 0.5) is 5.69 Å². The first-order chi connectivity index (χ1) is 12.1. The van der Waals surface area contributed by atoms with Gasteiger partial charge in [-0.3, -0.25) is 4.79 Å². The van der Waals surface area contributed by atoms with Crippen molar-refractivity contribution in [3.8, 4) is 5.75 Å². The Labute approximate surface area is 170 Å². The fourth-order valence-corrected chi connectivity index (χ4v) is 2.84. The van der Waals surface area contributed by atoms with Crippen molar-refractivity contribution in [2.75, 3.05) is 11.9 Å². The highest BCUT2D eigenvalue weighted by Gasteiger charge is 2.21. The van der Waals surface area contributed by atoms with Crippen LogP contribution in [0.2, 0.25) is 0 Å². The number of guanidine groups is 1. The highest BCUT2D eigenvalue weighted by molar-refractivity contribution is 14.0. The highest BCUT2D eigenvalue weighted by Crippen LogP contribution is 2.31. The maximum Gasteiger partial charge on any atom is 0.221 e. The normalized spacial score (nSPS) is 15.9. The number of amides is 1. The van der Waals surface area contributed by atoms with E-state index in [4.69, 9.17) is 10.5 Å². The van der Waals surface area contributed by atoms with Crippen molar-refractivity contribution in [1.82, 2.24) is 5.32 Å². The fourth-order valence-electron chi connectivity index (χ4n) is 2.84. The molecule has 1 amide bonds. The zero-order valence-electron chi connectivity index (χ0n) is 14.6. The first-order valence-electron chi connectivity index (χ1n) is 8.26. The molecule has 4 N–H and O–H groups in total. The maximum atomic E-state index is 11.1. The third-order valence-electron chi connectivity index (χ3n) is 3.96. The van der Waals surface area contributed by atoms with Crippen molar-refractivity contribution in [1.29, 1.82) is 0 Å². The summed E-state index contributed by atoms with van der Waals surface area (Å²) in [7, 11) is 0. The van der Waals surface area contributed by atoms with Gasteiger partial charge in [0.05, 0.1) is 19.2 Å². The van der Waals surface area contributed by atoms with Gasteiger partial charge >= 0.3 is 0 Å². The second kappa shape index (κ2) is 9.42. The van der Waals surface area contributed by atoms with Gasteiger partial charge in [0, 0.05) is 24.6 Å². The molecule has 1 aliphatic heterocycles. The number of hydrogen-bond acceptors (Lipinski definition) is 3. The molecule has 0 fully saturated rings. The molecule has 0 radical (unpaired) electrons. The number of nitrogens with two attached hydrogens (primary N) is 1. The van der Waals surface area contributed by atoms with E-state index in [1.165, 1.54) is 6.92 Å². The molecule has 2 aromatic carbocycles. The molecule has 2 aromatic rings. The van der Waals surface area contributed by atoms with E-state index < -0.39 is 0 Å². The quantitative estimate of drug-likeness (QED) is 0.367. The van der Waals surface area contributed by atoms with Gasteiger partial charge in [-0.05, 0) is 23.8 Å². The molecule has 0 aromatic heterocycles. The lowest BCUT2D eigenvalue weighted by Gasteiger charge is -2.26. The number of para-hydroxylation sites is 1. The second-order valence-corrected chi connectivity index (χ2v) is 5.95. The van der Waals surface area contributed by atoms with Gasteiger partial charge in [0.15, 0.2) is 5.96 Å². The molecule has 6 nitrogen and oxygen atoms in total. The Morgan fingerprint density at radius 2 is 2.08 bits per heavy atom. The van der Waals surface area contributed by atoms with Crippen molar-refractivity contribution in [2.24, 2.45) is 10.7 Å². The molecule has 26 heavy (non-hydrogen) atoms. The lowest BCUT2D eigenvalue weighted by molar-refractivity contribution is -0.114. The number of nitrogens with zero attached hydrogens (tertiary/aromatic N) is 1. The number of ether oxygens (including phenoxy) is 1. The number of aliphatic imine (C=N–C) groups is 1. The van der Waals surface area contributed by atoms with E-state index in [1.54, 1.807) is 0 Å². The van der Waals surface area contributed by atoms with Crippen LogP contribution in [-0.4, -0.2) is 18.5 Å². The van der Waals surface area contributed by atoms with Gasteiger partial charge in [-0.15, -0.1) is 24.0 Å². The third-order valence-corrected chi connectivity index (χ3v) is 3.96.